The Kier molecular flexibility index (Phi) is 5.61. The van der Waals surface area contributed by atoms with E-state index in [4.69, 9.17) is 10.2 Å². The number of rotatable bonds is 7. The highest BCUT2D eigenvalue weighted by atomic mass is 32.2. The van der Waals surface area contributed by atoms with Gasteiger partial charge in [0, 0.05) is 12.6 Å². The van der Waals surface area contributed by atoms with Gasteiger partial charge >= 0.3 is 5.97 Å². The van der Waals surface area contributed by atoms with Crippen LogP contribution in [-0.4, -0.2) is 37.2 Å². The molecule has 0 aliphatic carbocycles. The summed E-state index contributed by atoms with van der Waals surface area (Å²) in [6.45, 7) is 1.57. The molecule has 0 aromatic heterocycles. The van der Waals surface area contributed by atoms with Gasteiger partial charge < -0.3 is 10.2 Å². The van der Waals surface area contributed by atoms with Crippen molar-refractivity contribution in [2.75, 3.05) is 6.61 Å². The number of aliphatic hydroxyl groups is 1. The maximum atomic E-state index is 13.2. The number of sulfonamides is 1. The van der Waals surface area contributed by atoms with Crippen LogP contribution in [0.15, 0.2) is 23.1 Å². The Morgan fingerprint density at radius 2 is 2.10 bits per heavy atom. The molecule has 1 unspecified atom stereocenters. The van der Waals surface area contributed by atoms with E-state index in [-0.39, 0.29) is 17.9 Å². The Balaban J connectivity index is 3.09. The molecule has 0 radical (unpaired) electrons. The molecule has 1 aromatic rings. The van der Waals surface area contributed by atoms with Gasteiger partial charge in [-0.2, -0.15) is 0 Å². The molecule has 0 aliphatic rings. The fourth-order valence-corrected chi connectivity index (χ4v) is 3.00. The summed E-state index contributed by atoms with van der Waals surface area (Å²) in [7, 11) is -3.96. The topological polar surface area (TPSA) is 104 Å². The van der Waals surface area contributed by atoms with E-state index in [1.165, 1.54) is 0 Å². The SMILES string of the molecule is CCC(CCO)NS(=O)(=O)c1ccc(F)c(C(=O)O)c1. The number of aliphatic hydroxyl groups excluding tert-OH is 1. The Hall–Kier alpha value is -1.51. The van der Waals surface area contributed by atoms with E-state index in [0.29, 0.717) is 6.42 Å². The molecule has 112 valence electrons. The minimum Gasteiger partial charge on any atom is -0.478 e. The molecular formula is C12H16FNO5S. The van der Waals surface area contributed by atoms with Gasteiger partial charge in [-0.3, -0.25) is 0 Å². The summed E-state index contributed by atoms with van der Waals surface area (Å²) in [5.41, 5.74) is -0.705. The third kappa shape index (κ3) is 3.99. The maximum absolute atomic E-state index is 13.2. The van der Waals surface area contributed by atoms with Crippen LogP contribution in [0.25, 0.3) is 0 Å². The highest BCUT2D eigenvalue weighted by molar-refractivity contribution is 7.89. The minimum atomic E-state index is -3.96. The number of aromatic carboxylic acids is 1. The summed E-state index contributed by atoms with van der Waals surface area (Å²) in [6, 6.07) is 2.09. The zero-order chi connectivity index (χ0) is 15.3. The standard InChI is InChI=1S/C12H16FNO5S/c1-2-8(5-6-15)14-20(18,19)9-3-4-11(13)10(7-9)12(16)17/h3-4,7-8,14-15H,2,5-6H2,1H3,(H,16,17). The zero-order valence-corrected chi connectivity index (χ0v) is 11.7. The van der Waals surface area contributed by atoms with Crippen LogP contribution in [0.1, 0.15) is 30.1 Å². The lowest BCUT2D eigenvalue weighted by Crippen LogP contribution is -2.35. The second kappa shape index (κ2) is 6.78. The lowest BCUT2D eigenvalue weighted by Gasteiger charge is -2.16. The molecule has 8 heteroatoms. The van der Waals surface area contributed by atoms with Crippen molar-refractivity contribution in [1.29, 1.82) is 0 Å². The van der Waals surface area contributed by atoms with Gasteiger partial charge in [0.2, 0.25) is 10.0 Å². The average Bonchev–Trinajstić information content (AvgIpc) is 2.37. The van der Waals surface area contributed by atoms with Crippen LogP contribution in [0, 0.1) is 5.82 Å². The molecule has 1 aromatic carbocycles. The summed E-state index contributed by atoms with van der Waals surface area (Å²) in [5.74, 6) is -2.54. The lowest BCUT2D eigenvalue weighted by atomic mass is 10.2. The van der Waals surface area contributed by atoms with Crippen molar-refractivity contribution in [3.05, 3.63) is 29.6 Å². The smallest absolute Gasteiger partial charge is 0.338 e. The maximum Gasteiger partial charge on any atom is 0.338 e. The fourth-order valence-electron chi connectivity index (χ4n) is 1.63. The largest absolute Gasteiger partial charge is 0.478 e. The molecule has 0 saturated heterocycles. The van der Waals surface area contributed by atoms with Gasteiger partial charge in [-0.25, -0.2) is 22.3 Å². The summed E-state index contributed by atoms with van der Waals surface area (Å²) < 4.78 is 39.7. The molecular weight excluding hydrogens is 289 g/mol. The van der Waals surface area contributed by atoms with Gasteiger partial charge in [0.05, 0.1) is 10.5 Å². The molecule has 0 saturated carbocycles. The first-order valence-electron chi connectivity index (χ1n) is 5.97. The van der Waals surface area contributed by atoms with Crippen molar-refractivity contribution in [3.63, 3.8) is 0 Å². The van der Waals surface area contributed by atoms with Crippen molar-refractivity contribution in [1.82, 2.24) is 4.72 Å². The number of hydrogen-bond donors (Lipinski definition) is 3. The number of benzene rings is 1. The molecule has 20 heavy (non-hydrogen) atoms. The van der Waals surface area contributed by atoms with E-state index in [1.54, 1.807) is 6.92 Å². The van der Waals surface area contributed by atoms with Crippen molar-refractivity contribution >= 4 is 16.0 Å². The van der Waals surface area contributed by atoms with E-state index in [9.17, 15) is 17.6 Å². The van der Waals surface area contributed by atoms with Crippen molar-refractivity contribution < 1.29 is 27.8 Å². The summed E-state index contributed by atoms with van der Waals surface area (Å²) in [6.07, 6.45) is 0.704. The first-order chi connectivity index (χ1) is 9.31. The van der Waals surface area contributed by atoms with E-state index in [0.717, 1.165) is 18.2 Å². The fraction of sp³-hybridized carbons (Fsp3) is 0.417. The van der Waals surface area contributed by atoms with Gasteiger partial charge in [0.25, 0.3) is 0 Å². The molecule has 0 heterocycles. The van der Waals surface area contributed by atoms with E-state index in [2.05, 4.69) is 4.72 Å². The molecule has 0 bridgehead atoms. The zero-order valence-electron chi connectivity index (χ0n) is 10.8. The highest BCUT2D eigenvalue weighted by Crippen LogP contribution is 2.16. The second-order valence-electron chi connectivity index (χ2n) is 4.19. The number of nitrogens with one attached hydrogen (secondary N) is 1. The Labute approximate surface area is 116 Å². The van der Waals surface area contributed by atoms with Crippen LogP contribution < -0.4 is 4.72 Å². The van der Waals surface area contributed by atoms with Gasteiger partial charge in [0.1, 0.15) is 5.82 Å². The Morgan fingerprint density at radius 3 is 2.60 bits per heavy atom. The second-order valence-corrected chi connectivity index (χ2v) is 5.90. The predicted octanol–water partition coefficient (Wildman–Crippen LogP) is 0.963. The van der Waals surface area contributed by atoms with Crippen LogP contribution in [0.2, 0.25) is 0 Å². The van der Waals surface area contributed by atoms with E-state index < -0.39 is 33.4 Å². The van der Waals surface area contributed by atoms with Gasteiger partial charge in [0.15, 0.2) is 0 Å². The summed E-state index contributed by atoms with van der Waals surface area (Å²) >= 11 is 0. The van der Waals surface area contributed by atoms with Crippen LogP contribution in [0.5, 0.6) is 0 Å². The highest BCUT2D eigenvalue weighted by Gasteiger charge is 2.21. The number of carbonyl (C=O) groups is 1. The molecule has 3 N–H and O–H groups in total. The molecule has 1 atom stereocenters. The van der Waals surface area contributed by atoms with Gasteiger partial charge in [-0.05, 0) is 31.0 Å². The number of hydrogen-bond acceptors (Lipinski definition) is 4. The number of carboxylic acids is 1. The molecule has 0 aliphatic heterocycles. The first kappa shape index (κ1) is 16.5. The van der Waals surface area contributed by atoms with Gasteiger partial charge in [-0.15, -0.1) is 0 Å². The third-order valence-electron chi connectivity index (χ3n) is 2.77. The Morgan fingerprint density at radius 1 is 1.45 bits per heavy atom. The van der Waals surface area contributed by atoms with E-state index in [1.807, 2.05) is 0 Å². The normalized spacial score (nSPS) is 13.2. The molecule has 1 rings (SSSR count). The van der Waals surface area contributed by atoms with Crippen LogP contribution in [0.4, 0.5) is 4.39 Å². The first-order valence-corrected chi connectivity index (χ1v) is 7.46. The third-order valence-corrected chi connectivity index (χ3v) is 4.29. The summed E-state index contributed by atoms with van der Waals surface area (Å²) in [4.78, 5) is 10.5. The lowest BCUT2D eigenvalue weighted by molar-refractivity contribution is 0.0691. The minimum absolute atomic E-state index is 0.176. The number of carboxylic acid groups (broad SMARTS) is 1. The molecule has 6 nitrogen and oxygen atoms in total. The number of halogens is 1. The van der Waals surface area contributed by atoms with Crippen molar-refractivity contribution in [2.24, 2.45) is 0 Å². The molecule has 0 spiro atoms. The Bertz CT molecular complexity index is 588. The van der Waals surface area contributed by atoms with Crippen molar-refractivity contribution in [3.8, 4) is 0 Å². The van der Waals surface area contributed by atoms with Gasteiger partial charge in [-0.1, -0.05) is 6.92 Å². The van der Waals surface area contributed by atoms with Crippen LogP contribution in [0.3, 0.4) is 0 Å². The molecule has 0 fully saturated rings. The average molecular weight is 305 g/mol. The van der Waals surface area contributed by atoms with Crippen molar-refractivity contribution in [2.45, 2.75) is 30.7 Å². The van der Waals surface area contributed by atoms with Crippen LogP contribution >= 0.6 is 0 Å². The van der Waals surface area contributed by atoms with Crippen LogP contribution in [-0.2, 0) is 10.0 Å². The predicted molar refractivity (Wildman–Crippen MR) is 69.5 cm³/mol. The molecule has 0 amide bonds. The quantitative estimate of drug-likeness (QED) is 0.696. The summed E-state index contributed by atoms with van der Waals surface area (Å²) in [5, 5.41) is 17.6. The van der Waals surface area contributed by atoms with E-state index >= 15 is 0 Å². The monoisotopic (exact) mass is 305 g/mol.